The minimum atomic E-state index is -0.250. The molecule has 3 heteroatoms. The van der Waals surface area contributed by atoms with E-state index >= 15 is 0 Å². The van der Waals surface area contributed by atoms with Crippen molar-refractivity contribution < 1.29 is 5.11 Å². The highest BCUT2D eigenvalue weighted by Crippen LogP contribution is 2.25. The number of aliphatic hydroxyl groups excluding tert-OH is 1. The zero-order valence-corrected chi connectivity index (χ0v) is 11.7. The van der Waals surface area contributed by atoms with Crippen LogP contribution in [0.5, 0.6) is 0 Å². The van der Waals surface area contributed by atoms with Crippen molar-refractivity contribution in [2.75, 3.05) is 19.6 Å². The van der Waals surface area contributed by atoms with Crippen LogP contribution in [-0.2, 0) is 6.54 Å². The number of aliphatic hydroxyl groups is 1. The first-order valence-corrected chi connectivity index (χ1v) is 7.37. The zero-order chi connectivity index (χ0) is 13.8. The van der Waals surface area contributed by atoms with Crippen LogP contribution in [0, 0.1) is 5.92 Å². The lowest BCUT2D eigenvalue weighted by molar-refractivity contribution is 0.0958. The number of piperidine rings is 1. The Morgan fingerprint density at radius 2 is 2.10 bits per heavy atom. The predicted octanol–water partition coefficient (Wildman–Crippen LogP) is 1.91. The molecule has 0 aromatic heterocycles. The average Bonchev–Trinajstić information content (AvgIpc) is 2.49. The van der Waals surface area contributed by atoms with E-state index in [-0.39, 0.29) is 6.10 Å². The van der Waals surface area contributed by atoms with Crippen LogP contribution < -0.4 is 5.32 Å². The molecule has 2 unspecified atom stereocenters. The third kappa shape index (κ3) is 3.11. The number of allylic oxidation sites excluding steroid dienone is 2. The molecule has 2 atom stereocenters. The normalized spacial score (nSPS) is 26.4. The molecule has 1 aromatic rings. The van der Waals surface area contributed by atoms with E-state index in [1.165, 1.54) is 11.1 Å². The van der Waals surface area contributed by atoms with E-state index in [9.17, 15) is 5.11 Å². The topological polar surface area (TPSA) is 35.5 Å². The Bertz CT molecular complexity index is 495. The highest BCUT2D eigenvalue weighted by Gasteiger charge is 2.27. The Labute approximate surface area is 120 Å². The average molecular weight is 270 g/mol. The van der Waals surface area contributed by atoms with Crippen molar-refractivity contribution >= 4 is 0 Å². The number of hydrogen-bond acceptors (Lipinski definition) is 3. The van der Waals surface area contributed by atoms with E-state index in [1.807, 2.05) is 6.07 Å². The minimum Gasteiger partial charge on any atom is -0.391 e. The quantitative estimate of drug-likeness (QED) is 0.881. The molecule has 20 heavy (non-hydrogen) atoms. The first-order valence-electron chi connectivity index (χ1n) is 7.37. The molecule has 2 aliphatic heterocycles. The van der Waals surface area contributed by atoms with Gasteiger partial charge < -0.3 is 15.3 Å². The molecule has 1 aromatic carbocycles. The summed E-state index contributed by atoms with van der Waals surface area (Å²) >= 11 is 0. The lowest BCUT2D eigenvalue weighted by Crippen LogP contribution is -2.43. The van der Waals surface area contributed by atoms with E-state index in [1.54, 1.807) is 0 Å². The number of rotatable bonds is 3. The Hall–Kier alpha value is -1.58. The first-order chi connectivity index (χ1) is 9.83. The van der Waals surface area contributed by atoms with Gasteiger partial charge in [0, 0.05) is 25.6 Å². The lowest BCUT2D eigenvalue weighted by atomic mass is 9.86. The van der Waals surface area contributed by atoms with E-state index < -0.39 is 0 Å². The van der Waals surface area contributed by atoms with Crippen molar-refractivity contribution in [1.82, 2.24) is 10.2 Å². The molecule has 0 radical (unpaired) electrons. The van der Waals surface area contributed by atoms with Gasteiger partial charge >= 0.3 is 0 Å². The van der Waals surface area contributed by atoms with E-state index in [2.05, 4.69) is 52.8 Å². The van der Waals surface area contributed by atoms with Gasteiger partial charge in [0.05, 0.1) is 6.10 Å². The smallest absolute Gasteiger partial charge is 0.0730 e. The van der Waals surface area contributed by atoms with Gasteiger partial charge in [-0.15, -0.1) is 0 Å². The van der Waals surface area contributed by atoms with Crippen molar-refractivity contribution in [3.05, 3.63) is 59.8 Å². The summed E-state index contributed by atoms with van der Waals surface area (Å²) in [6.07, 6.45) is 7.21. The summed E-state index contributed by atoms with van der Waals surface area (Å²) in [6, 6.07) is 10.5. The van der Waals surface area contributed by atoms with E-state index in [0.717, 1.165) is 26.1 Å². The summed E-state index contributed by atoms with van der Waals surface area (Å²) in [7, 11) is 0. The summed E-state index contributed by atoms with van der Waals surface area (Å²) in [4.78, 5) is 2.32. The molecule has 0 spiro atoms. The third-order valence-electron chi connectivity index (χ3n) is 4.15. The highest BCUT2D eigenvalue weighted by atomic mass is 16.3. The lowest BCUT2D eigenvalue weighted by Gasteiger charge is -2.34. The molecule has 1 fully saturated rings. The van der Waals surface area contributed by atoms with Crippen molar-refractivity contribution in [3.8, 4) is 0 Å². The summed E-state index contributed by atoms with van der Waals surface area (Å²) in [5.41, 5.74) is 2.68. The number of β-amino-alcohol motifs (C(OH)–C–C–N with tert-alkyl or cyclic N) is 1. The number of benzene rings is 1. The standard InChI is InChI=1S/C17H22N2O/c20-17-11-18-9-8-16(17)15-7-4-10-19(13-15)12-14-5-2-1-3-6-14/h1-7,10,16-18,20H,8-9,11-13H2. The van der Waals surface area contributed by atoms with Crippen LogP contribution in [0.3, 0.4) is 0 Å². The maximum atomic E-state index is 10.2. The fraction of sp³-hybridized carbons (Fsp3) is 0.412. The highest BCUT2D eigenvalue weighted by molar-refractivity contribution is 5.24. The second-order valence-corrected chi connectivity index (χ2v) is 5.64. The molecule has 3 rings (SSSR count). The third-order valence-corrected chi connectivity index (χ3v) is 4.15. The molecule has 3 nitrogen and oxygen atoms in total. The molecule has 0 bridgehead atoms. The fourth-order valence-corrected chi connectivity index (χ4v) is 3.07. The number of nitrogens with one attached hydrogen (secondary N) is 1. The van der Waals surface area contributed by atoms with Crippen molar-refractivity contribution in [1.29, 1.82) is 0 Å². The monoisotopic (exact) mass is 270 g/mol. The molecular formula is C17H22N2O. The van der Waals surface area contributed by atoms with Gasteiger partial charge in [-0.2, -0.15) is 0 Å². The van der Waals surface area contributed by atoms with Crippen LogP contribution >= 0.6 is 0 Å². The minimum absolute atomic E-state index is 0.250. The predicted molar refractivity (Wildman–Crippen MR) is 81.1 cm³/mol. The summed E-state index contributed by atoms with van der Waals surface area (Å²) in [6.45, 7) is 3.56. The molecular weight excluding hydrogens is 248 g/mol. The van der Waals surface area contributed by atoms with Crippen LogP contribution in [0.1, 0.15) is 12.0 Å². The molecule has 0 saturated carbocycles. The Morgan fingerprint density at radius 1 is 1.25 bits per heavy atom. The van der Waals surface area contributed by atoms with Gasteiger partial charge in [0.15, 0.2) is 0 Å². The van der Waals surface area contributed by atoms with Crippen LogP contribution in [-0.4, -0.2) is 35.7 Å². The maximum Gasteiger partial charge on any atom is 0.0730 e. The fourth-order valence-electron chi connectivity index (χ4n) is 3.07. The van der Waals surface area contributed by atoms with Gasteiger partial charge in [-0.3, -0.25) is 0 Å². The van der Waals surface area contributed by atoms with Gasteiger partial charge in [-0.05, 0) is 36.4 Å². The molecule has 106 valence electrons. The summed E-state index contributed by atoms with van der Waals surface area (Å²) < 4.78 is 0. The molecule has 2 aliphatic rings. The summed E-state index contributed by atoms with van der Waals surface area (Å²) in [5.74, 6) is 0.305. The first kappa shape index (κ1) is 13.4. The number of nitrogens with zero attached hydrogens (tertiary/aromatic N) is 1. The molecule has 2 heterocycles. The van der Waals surface area contributed by atoms with E-state index in [0.29, 0.717) is 12.5 Å². The molecule has 1 saturated heterocycles. The van der Waals surface area contributed by atoms with Gasteiger partial charge in [0.2, 0.25) is 0 Å². The van der Waals surface area contributed by atoms with Crippen LogP contribution in [0.4, 0.5) is 0 Å². The van der Waals surface area contributed by atoms with Crippen molar-refractivity contribution in [2.24, 2.45) is 5.92 Å². The Balaban J connectivity index is 1.64. The number of hydrogen-bond donors (Lipinski definition) is 2. The van der Waals surface area contributed by atoms with Crippen LogP contribution in [0.25, 0.3) is 0 Å². The second kappa shape index (κ2) is 6.25. The molecule has 0 amide bonds. The Morgan fingerprint density at radius 3 is 2.90 bits per heavy atom. The zero-order valence-electron chi connectivity index (χ0n) is 11.7. The van der Waals surface area contributed by atoms with Gasteiger partial charge in [-0.1, -0.05) is 36.4 Å². The molecule has 2 N–H and O–H groups in total. The maximum absolute atomic E-state index is 10.2. The molecule has 0 aliphatic carbocycles. The van der Waals surface area contributed by atoms with Crippen LogP contribution in [0.2, 0.25) is 0 Å². The Kier molecular flexibility index (Phi) is 4.19. The van der Waals surface area contributed by atoms with Crippen molar-refractivity contribution in [3.63, 3.8) is 0 Å². The SMILES string of the molecule is OC1CNCCC1C1=CC=CN(Cc2ccccc2)C1. The van der Waals surface area contributed by atoms with Crippen LogP contribution in [0.15, 0.2) is 54.3 Å². The van der Waals surface area contributed by atoms with Gasteiger partial charge in [-0.25, -0.2) is 0 Å². The largest absolute Gasteiger partial charge is 0.391 e. The van der Waals surface area contributed by atoms with Crippen molar-refractivity contribution in [2.45, 2.75) is 19.1 Å². The van der Waals surface area contributed by atoms with Gasteiger partial charge in [0.1, 0.15) is 0 Å². The van der Waals surface area contributed by atoms with E-state index in [4.69, 9.17) is 0 Å². The summed E-state index contributed by atoms with van der Waals surface area (Å²) in [5, 5.41) is 13.4. The van der Waals surface area contributed by atoms with Gasteiger partial charge in [0.25, 0.3) is 0 Å². The second-order valence-electron chi connectivity index (χ2n) is 5.64.